The Hall–Kier alpha value is -2.60. The quantitative estimate of drug-likeness (QED) is 0.307. The van der Waals surface area contributed by atoms with E-state index in [0.717, 1.165) is 68.4 Å². The van der Waals surface area contributed by atoms with E-state index in [1.807, 2.05) is 50.2 Å². The molecule has 1 aliphatic rings. The van der Waals surface area contributed by atoms with Crippen LogP contribution in [0.5, 0.6) is 0 Å². The maximum atomic E-state index is 13.9. The number of rotatable bonds is 5. The summed E-state index contributed by atoms with van der Waals surface area (Å²) in [5, 5.41) is 1.68. The fourth-order valence-electron chi connectivity index (χ4n) is 5.49. The van der Waals surface area contributed by atoms with Crippen molar-refractivity contribution >= 4 is 32.5 Å². The van der Waals surface area contributed by atoms with Crippen LogP contribution >= 0.6 is 11.6 Å². The molecule has 1 aromatic heterocycles. The molecule has 3 aromatic carbocycles. The highest BCUT2D eigenvalue weighted by molar-refractivity contribution is 7.88. The molecule has 0 spiro atoms. The molecule has 6 heteroatoms. The van der Waals surface area contributed by atoms with Crippen molar-refractivity contribution in [2.75, 3.05) is 6.54 Å². The van der Waals surface area contributed by atoms with Gasteiger partial charge in [0, 0.05) is 33.7 Å². The molecule has 0 radical (unpaired) electrons. The van der Waals surface area contributed by atoms with Crippen LogP contribution in [0.3, 0.4) is 0 Å². The second kappa shape index (κ2) is 9.12. The molecule has 1 N–H and O–H groups in total. The summed E-state index contributed by atoms with van der Waals surface area (Å²) < 4.78 is 29.6. The Labute approximate surface area is 213 Å². The first-order valence-corrected chi connectivity index (χ1v) is 14.1. The van der Waals surface area contributed by atoms with Crippen LogP contribution in [0, 0.1) is 27.7 Å². The van der Waals surface area contributed by atoms with Gasteiger partial charge in [-0.15, -0.1) is 0 Å². The van der Waals surface area contributed by atoms with Crippen molar-refractivity contribution in [2.24, 2.45) is 0 Å². The first-order chi connectivity index (χ1) is 16.7. The second-order valence-corrected chi connectivity index (χ2v) is 12.1. The summed E-state index contributed by atoms with van der Waals surface area (Å²) in [6.45, 7) is 8.70. The Morgan fingerprint density at radius 1 is 0.971 bits per heavy atom. The molecule has 1 fully saturated rings. The van der Waals surface area contributed by atoms with Gasteiger partial charge in [0.15, 0.2) is 0 Å². The summed E-state index contributed by atoms with van der Waals surface area (Å²) in [4.78, 5) is 3.57. The molecule has 4 aromatic rings. The number of nitrogens with one attached hydrogen (secondary N) is 1. The third-order valence-corrected chi connectivity index (χ3v) is 9.63. The summed E-state index contributed by atoms with van der Waals surface area (Å²) in [5.74, 6) is 0.0242. The predicted octanol–water partition coefficient (Wildman–Crippen LogP) is 7.39. The molecule has 5 rings (SSSR count). The zero-order valence-corrected chi connectivity index (χ0v) is 22.2. The molecule has 35 heavy (non-hydrogen) atoms. The number of aromatic nitrogens is 1. The maximum Gasteiger partial charge on any atom is 0.218 e. The normalized spacial score (nSPS) is 16.9. The van der Waals surface area contributed by atoms with E-state index >= 15 is 0 Å². The number of sulfonamides is 1. The number of fused-ring (bicyclic) bond motifs is 1. The van der Waals surface area contributed by atoms with Crippen LogP contribution in [0.25, 0.3) is 22.0 Å². The van der Waals surface area contributed by atoms with Gasteiger partial charge in [-0.2, -0.15) is 4.31 Å². The van der Waals surface area contributed by atoms with Gasteiger partial charge in [-0.3, -0.25) is 0 Å². The van der Waals surface area contributed by atoms with Gasteiger partial charge < -0.3 is 4.98 Å². The number of benzene rings is 3. The van der Waals surface area contributed by atoms with Crippen LogP contribution in [-0.4, -0.2) is 24.3 Å². The fourth-order valence-corrected chi connectivity index (χ4v) is 7.63. The van der Waals surface area contributed by atoms with Gasteiger partial charge in [0.2, 0.25) is 10.0 Å². The lowest BCUT2D eigenvalue weighted by molar-refractivity contribution is 0.392. The summed E-state index contributed by atoms with van der Waals surface area (Å²) in [6, 6.07) is 17.9. The average Bonchev–Trinajstić information content (AvgIpc) is 3.46. The number of halogens is 1. The van der Waals surface area contributed by atoms with E-state index in [4.69, 9.17) is 11.6 Å². The van der Waals surface area contributed by atoms with Crippen LogP contribution in [-0.2, 0) is 15.8 Å². The molecule has 1 unspecified atom stereocenters. The maximum absolute atomic E-state index is 13.9. The largest absolute Gasteiger partial charge is 0.357 e. The first kappa shape index (κ1) is 24.1. The first-order valence-electron chi connectivity index (χ1n) is 12.1. The van der Waals surface area contributed by atoms with Crippen molar-refractivity contribution in [3.8, 4) is 11.1 Å². The zero-order valence-electron chi connectivity index (χ0n) is 20.7. The van der Waals surface area contributed by atoms with Gasteiger partial charge in [0.1, 0.15) is 0 Å². The second-order valence-electron chi connectivity index (χ2n) is 9.73. The van der Waals surface area contributed by atoms with E-state index in [0.29, 0.717) is 11.6 Å². The van der Waals surface area contributed by atoms with Crippen LogP contribution in [0.1, 0.15) is 52.4 Å². The molecule has 4 nitrogen and oxygen atoms in total. The third-order valence-electron chi connectivity index (χ3n) is 7.59. The fraction of sp³-hybridized carbons (Fsp3) is 0.310. The van der Waals surface area contributed by atoms with Crippen LogP contribution in [0.4, 0.5) is 0 Å². The van der Waals surface area contributed by atoms with Gasteiger partial charge in [-0.25, -0.2) is 8.42 Å². The summed E-state index contributed by atoms with van der Waals surface area (Å²) in [7, 11) is -3.55. The molecule has 0 aliphatic carbocycles. The smallest absolute Gasteiger partial charge is 0.218 e. The third kappa shape index (κ3) is 4.31. The van der Waals surface area contributed by atoms with E-state index in [1.54, 1.807) is 4.31 Å². The van der Waals surface area contributed by atoms with Crippen LogP contribution < -0.4 is 0 Å². The number of H-pyrrole nitrogens is 1. The molecular weight excluding hydrogens is 476 g/mol. The molecule has 1 saturated heterocycles. The highest BCUT2D eigenvalue weighted by Crippen LogP contribution is 2.43. The Morgan fingerprint density at radius 3 is 2.34 bits per heavy atom. The molecule has 0 bridgehead atoms. The summed E-state index contributed by atoms with van der Waals surface area (Å²) in [5.41, 5.74) is 9.34. The minimum absolute atomic E-state index is 0.0242. The molecule has 1 atom stereocenters. The number of nitrogens with zero attached hydrogens (tertiary/aromatic N) is 1. The molecule has 2 heterocycles. The SMILES string of the molecule is Cc1cc(C)c(C)c(CS(=O)(=O)N2CCCC2c2[nH]c3ccc(Cl)cc3c2-c2ccccc2)c1C. The number of hydrogen-bond acceptors (Lipinski definition) is 2. The molecule has 182 valence electrons. The van der Waals surface area contributed by atoms with Crippen molar-refractivity contribution in [3.05, 3.63) is 93.1 Å². The Bertz CT molecular complexity index is 1500. The van der Waals surface area contributed by atoms with Crippen molar-refractivity contribution in [2.45, 2.75) is 52.3 Å². The highest BCUT2D eigenvalue weighted by atomic mass is 35.5. The monoisotopic (exact) mass is 506 g/mol. The molecule has 1 aliphatic heterocycles. The summed E-state index contributed by atoms with van der Waals surface area (Å²) in [6.07, 6.45) is 1.61. The van der Waals surface area contributed by atoms with Crippen molar-refractivity contribution in [3.63, 3.8) is 0 Å². The summed E-state index contributed by atoms with van der Waals surface area (Å²) >= 11 is 6.37. The van der Waals surface area contributed by atoms with E-state index in [-0.39, 0.29) is 11.8 Å². The average molecular weight is 507 g/mol. The predicted molar refractivity (Wildman–Crippen MR) is 145 cm³/mol. The lowest BCUT2D eigenvalue weighted by atomic mass is 9.95. The molecular formula is C29H31ClN2O2S. The van der Waals surface area contributed by atoms with Gasteiger partial charge in [-0.1, -0.05) is 48.0 Å². The zero-order chi connectivity index (χ0) is 24.9. The van der Waals surface area contributed by atoms with Crippen molar-refractivity contribution in [1.82, 2.24) is 9.29 Å². The standard InChI is InChI=1S/C29H31ClN2O2S/c1-18-15-19(2)21(4)25(20(18)3)17-35(33,34)32-14-8-11-27(32)29-28(22-9-6-5-7-10-22)24-16-23(30)12-13-26(24)31-29/h5-7,9-10,12-13,15-16,27,31H,8,11,14,17H2,1-4H3. The van der Waals surface area contributed by atoms with Crippen LogP contribution in [0.15, 0.2) is 54.6 Å². The van der Waals surface area contributed by atoms with Gasteiger partial charge in [0.05, 0.1) is 11.8 Å². The molecule has 0 saturated carbocycles. The number of aromatic amines is 1. The lowest BCUT2D eigenvalue weighted by Crippen LogP contribution is -2.32. The number of aryl methyl sites for hydroxylation is 2. The van der Waals surface area contributed by atoms with Gasteiger partial charge >= 0.3 is 0 Å². The van der Waals surface area contributed by atoms with E-state index in [2.05, 4.69) is 37.0 Å². The van der Waals surface area contributed by atoms with E-state index in [9.17, 15) is 8.42 Å². The Morgan fingerprint density at radius 2 is 1.66 bits per heavy atom. The highest BCUT2D eigenvalue weighted by Gasteiger charge is 2.38. The van der Waals surface area contributed by atoms with Crippen LogP contribution in [0.2, 0.25) is 5.02 Å². The Balaban J connectivity index is 1.61. The minimum Gasteiger partial charge on any atom is -0.357 e. The molecule has 0 amide bonds. The van der Waals surface area contributed by atoms with Gasteiger partial charge in [-0.05, 0) is 92.1 Å². The van der Waals surface area contributed by atoms with Crippen molar-refractivity contribution < 1.29 is 8.42 Å². The number of hydrogen-bond donors (Lipinski definition) is 1. The lowest BCUT2D eigenvalue weighted by Gasteiger charge is -2.26. The van der Waals surface area contributed by atoms with E-state index in [1.165, 1.54) is 0 Å². The van der Waals surface area contributed by atoms with E-state index < -0.39 is 10.0 Å². The van der Waals surface area contributed by atoms with Gasteiger partial charge in [0.25, 0.3) is 0 Å². The minimum atomic E-state index is -3.55. The van der Waals surface area contributed by atoms with Crippen molar-refractivity contribution in [1.29, 1.82) is 0 Å². The Kier molecular flexibility index (Phi) is 6.28. The topological polar surface area (TPSA) is 53.2 Å².